The Kier molecular flexibility index (Phi) is 11.7. The van der Waals surface area contributed by atoms with Crippen molar-refractivity contribution in [2.75, 3.05) is 20.4 Å². The van der Waals surface area contributed by atoms with Gasteiger partial charge in [0.1, 0.15) is 6.10 Å². The predicted octanol–water partition coefficient (Wildman–Crippen LogP) is 10.1. The number of esters is 1. The topological polar surface area (TPSA) is 84.9 Å². The van der Waals surface area contributed by atoms with Crippen LogP contribution < -0.4 is 5.32 Å². The van der Waals surface area contributed by atoms with Crippen molar-refractivity contribution in [3.05, 3.63) is 12.2 Å². The fourth-order valence-corrected chi connectivity index (χ4v) is 13.5. The highest BCUT2D eigenvalue weighted by molar-refractivity contribution is 5.73. The van der Waals surface area contributed by atoms with E-state index in [0.717, 1.165) is 31.2 Å². The summed E-state index contributed by atoms with van der Waals surface area (Å²) in [6, 6.07) is 0. The summed E-state index contributed by atoms with van der Waals surface area (Å²) in [6.07, 6.45) is 13.7. The first-order valence-electron chi connectivity index (χ1n) is 19.6. The fraction of sp³-hybridized carbons (Fsp3) is 0.905. The maximum absolute atomic E-state index is 13.2. The van der Waals surface area contributed by atoms with Gasteiger partial charge in [0.25, 0.3) is 0 Å². The molecule has 4 unspecified atom stereocenters. The molecule has 2 N–H and O–H groups in total. The summed E-state index contributed by atoms with van der Waals surface area (Å²) in [5, 5.41) is 12.9. The molecule has 6 heteroatoms. The molecular weight excluding hydrogens is 598 g/mol. The van der Waals surface area contributed by atoms with Crippen molar-refractivity contribution in [2.24, 2.45) is 62.1 Å². The molecule has 0 spiro atoms. The number of rotatable bonds is 11. The summed E-state index contributed by atoms with van der Waals surface area (Å²) < 4.78 is 11.6. The van der Waals surface area contributed by atoms with E-state index in [-0.39, 0.29) is 35.7 Å². The van der Waals surface area contributed by atoms with E-state index in [4.69, 9.17) is 9.47 Å². The zero-order chi connectivity index (χ0) is 35.9. The summed E-state index contributed by atoms with van der Waals surface area (Å²) >= 11 is 0. The second-order valence-electron chi connectivity index (χ2n) is 19.0. The number of carboxylic acids is 1. The lowest BCUT2D eigenvalue weighted by atomic mass is 9.32. The van der Waals surface area contributed by atoms with Crippen LogP contribution in [-0.4, -0.2) is 43.5 Å². The second kappa shape index (κ2) is 14.3. The van der Waals surface area contributed by atoms with Crippen LogP contribution in [0.1, 0.15) is 153 Å². The van der Waals surface area contributed by atoms with Crippen LogP contribution in [0.5, 0.6) is 0 Å². The SMILES string of the molecule is C=C(C)[C@@H]1CC[C@]2(CCNCOC)CC[C@]3(C)[C@H](CCC4[C@@]5(C)CCC(OC(=O)CC(C)(C)CC(=O)O)C(C)(C)C5CC[C@]43C)C12.CC. The standard InChI is InChI=1S/C40H67NO5.C2H6/c1-26(2)27-13-18-40(21-22-41-25-45-10)20-19-38(8)28(34(27)40)11-12-30-37(7)16-15-31(36(5,6)29(37)14-17-39(30,38)9)46-33(44)24-35(3,4)23-32(42)43;1-2/h27-31,34,41H,1,11-25H2,2-10H3,(H,42,43);1-2H3/t27-,28+,29?,30?,31?,34?,37-,38+,39+,40+;/m0./s1. The van der Waals surface area contributed by atoms with Crippen molar-refractivity contribution in [3.63, 3.8) is 0 Å². The number of aliphatic carboxylic acids is 1. The first kappa shape index (κ1) is 39.4. The lowest BCUT2D eigenvalue weighted by molar-refractivity contribution is -0.250. The largest absolute Gasteiger partial charge is 0.481 e. The summed E-state index contributed by atoms with van der Waals surface area (Å²) in [4.78, 5) is 24.5. The van der Waals surface area contributed by atoms with Gasteiger partial charge >= 0.3 is 11.9 Å². The van der Waals surface area contributed by atoms with Crippen molar-refractivity contribution >= 4 is 11.9 Å². The van der Waals surface area contributed by atoms with Gasteiger partial charge in [-0.05, 0) is 141 Å². The van der Waals surface area contributed by atoms with Gasteiger partial charge in [0, 0.05) is 12.5 Å². The molecule has 0 aromatic heterocycles. The van der Waals surface area contributed by atoms with Gasteiger partial charge in [-0.15, -0.1) is 0 Å². The highest BCUT2D eigenvalue weighted by atomic mass is 16.5. The van der Waals surface area contributed by atoms with E-state index in [9.17, 15) is 14.7 Å². The molecule has 6 nitrogen and oxygen atoms in total. The number of hydrogen-bond donors (Lipinski definition) is 2. The maximum Gasteiger partial charge on any atom is 0.306 e. The van der Waals surface area contributed by atoms with Crippen LogP contribution >= 0.6 is 0 Å². The monoisotopic (exact) mass is 672 g/mol. The van der Waals surface area contributed by atoms with Crippen LogP contribution in [0.2, 0.25) is 0 Å². The van der Waals surface area contributed by atoms with Crippen LogP contribution in [0.15, 0.2) is 12.2 Å². The lowest BCUT2D eigenvalue weighted by Crippen LogP contribution is -2.66. The van der Waals surface area contributed by atoms with E-state index in [1.807, 2.05) is 27.7 Å². The summed E-state index contributed by atoms with van der Waals surface area (Å²) in [7, 11) is 1.77. The van der Waals surface area contributed by atoms with E-state index in [2.05, 4.69) is 53.4 Å². The van der Waals surface area contributed by atoms with Crippen molar-refractivity contribution < 1.29 is 24.2 Å². The normalized spacial score (nSPS) is 41.4. The maximum atomic E-state index is 13.2. The number of allylic oxidation sites excluding steroid dienone is 1. The van der Waals surface area contributed by atoms with Gasteiger partial charge in [-0.3, -0.25) is 14.9 Å². The molecule has 0 aromatic rings. The molecule has 0 bridgehead atoms. The van der Waals surface area contributed by atoms with Crippen LogP contribution in [0.4, 0.5) is 0 Å². The van der Waals surface area contributed by atoms with E-state index in [1.165, 1.54) is 63.4 Å². The molecular formula is C42H73NO5. The number of nitrogens with one attached hydrogen (secondary N) is 1. The highest BCUT2D eigenvalue weighted by Gasteiger charge is 2.71. The first-order valence-corrected chi connectivity index (χ1v) is 19.6. The van der Waals surface area contributed by atoms with Gasteiger partial charge in [-0.25, -0.2) is 0 Å². The molecule has 0 heterocycles. The number of methoxy groups -OCH3 is 1. The van der Waals surface area contributed by atoms with Crippen LogP contribution in [-0.2, 0) is 19.1 Å². The Balaban J connectivity index is 0.00000255. The highest BCUT2D eigenvalue weighted by Crippen LogP contribution is 2.78. The Morgan fingerprint density at radius 1 is 0.875 bits per heavy atom. The number of fused-ring (bicyclic) bond motifs is 7. The van der Waals surface area contributed by atoms with Crippen molar-refractivity contribution in [1.29, 1.82) is 0 Å². The molecule has 0 aliphatic heterocycles. The van der Waals surface area contributed by atoms with Gasteiger partial charge in [-0.2, -0.15) is 0 Å². The molecule has 5 saturated carbocycles. The van der Waals surface area contributed by atoms with E-state index in [1.54, 1.807) is 7.11 Å². The van der Waals surface area contributed by atoms with Crippen LogP contribution in [0, 0.1) is 62.1 Å². The molecule has 5 aliphatic carbocycles. The molecule has 0 amide bonds. The first-order chi connectivity index (χ1) is 22.4. The average Bonchev–Trinajstić information content (AvgIpc) is 3.37. The van der Waals surface area contributed by atoms with E-state index in [0.29, 0.717) is 40.7 Å². The number of hydrogen-bond acceptors (Lipinski definition) is 5. The number of carboxylic acid groups (broad SMARTS) is 1. The number of ether oxygens (including phenoxy) is 2. The molecule has 48 heavy (non-hydrogen) atoms. The summed E-state index contributed by atoms with van der Waals surface area (Å²) in [5.41, 5.74) is 1.93. The van der Waals surface area contributed by atoms with Gasteiger partial charge in [-0.1, -0.05) is 74.5 Å². The van der Waals surface area contributed by atoms with Gasteiger partial charge in [0.05, 0.1) is 19.6 Å². The Bertz CT molecular complexity index is 1180. The minimum absolute atomic E-state index is 0.0311. The molecule has 5 fully saturated rings. The third-order valence-corrected chi connectivity index (χ3v) is 15.8. The Labute approximate surface area is 294 Å². The molecule has 0 radical (unpaired) electrons. The molecule has 0 aromatic carbocycles. The molecule has 276 valence electrons. The summed E-state index contributed by atoms with van der Waals surface area (Å²) in [6.45, 7) is 29.0. The molecule has 10 atom stereocenters. The zero-order valence-electron chi connectivity index (χ0n) is 32.9. The fourth-order valence-electron chi connectivity index (χ4n) is 13.5. The quantitative estimate of drug-likeness (QED) is 0.0984. The Morgan fingerprint density at radius 3 is 2.19 bits per heavy atom. The smallest absolute Gasteiger partial charge is 0.306 e. The number of carbonyl (C=O) groups is 2. The van der Waals surface area contributed by atoms with E-state index < -0.39 is 11.4 Å². The van der Waals surface area contributed by atoms with Crippen molar-refractivity contribution in [1.82, 2.24) is 5.32 Å². The predicted molar refractivity (Wildman–Crippen MR) is 195 cm³/mol. The van der Waals surface area contributed by atoms with E-state index >= 15 is 0 Å². The second-order valence-corrected chi connectivity index (χ2v) is 19.0. The average molecular weight is 672 g/mol. The minimum atomic E-state index is -0.869. The van der Waals surface area contributed by atoms with Crippen molar-refractivity contribution in [2.45, 2.75) is 159 Å². The minimum Gasteiger partial charge on any atom is -0.481 e. The molecule has 5 rings (SSSR count). The van der Waals surface area contributed by atoms with Gasteiger partial charge in [0.2, 0.25) is 0 Å². The van der Waals surface area contributed by atoms with Gasteiger partial charge < -0.3 is 14.6 Å². The van der Waals surface area contributed by atoms with Crippen molar-refractivity contribution in [3.8, 4) is 0 Å². The van der Waals surface area contributed by atoms with Gasteiger partial charge in [0.15, 0.2) is 0 Å². The number of carbonyl (C=O) groups excluding carboxylic acids is 1. The van der Waals surface area contributed by atoms with Crippen LogP contribution in [0.3, 0.4) is 0 Å². The van der Waals surface area contributed by atoms with Crippen LogP contribution in [0.25, 0.3) is 0 Å². The molecule has 0 saturated heterocycles. The Morgan fingerprint density at radius 2 is 1.56 bits per heavy atom. The third kappa shape index (κ3) is 6.69. The molecule has 5 aliphatic rings. The zero-order valence-corrected chi connectivity index (χ0v) is 32.9. The Hall–Kier alpha value is -1.40. The lowest BCUT2D eigenvalue weighted by Gasteiger charge is -2.73. The third-order valence-electron chi connectivity index (χ3n) is 15.8. The summed E-state index contributed by atoms with van der Waals surface area (Å²) in [5.74, 6) is 2.18.